The second-order valence-electron chi connectivity index (χ2n) is 3.25. The summed E-state index contributed by atoms with van der Waals surface area (Å²) in [5.41, 5.74) is -0.505. The third-order valence-corrected chi connectivity index (χ3v) is 4.53. The zero-order valence-electron chi connectivity index (χ0n) is 9.06. The number of rotatable bonds is 4. The highest BCUT2D eigenvalue weighted by atomic mass is 32.2. The van der Waals surface area contributed by atoms with E-state index in [1.165, 1.54) is 12.1 Å². The van der Waals surface area contributed by atoms with E-state index >= 15 is 0 Å². The highest BCUT2D eigenvalue weighted by Crippen LogP contribution is 2.25. The van der Waals surface area contributed by atoms with Crippen LogP contribution in [0.3, 0.4) is 0 Å². The van der Waals surface area contributed by atoms with E-state index < -0.39 is 25.5 Å². The van der Waals surface area contributed by atoms with Crippen molar-refractivity contribution in [1.82, 2.24) is 10.2 Å². The molecule has 0 spiro atoms. The molecule has 0 bridgehead atoms. The number of nitrogens with one attached hydrogen (secondary N) is 2. The molecule has 0 aliphatic heterocycles. The summed E-state index contributed by atoms with van der Waals surface area (Å²) < 4.78 is 26.5. The van der Waals surface area contributed by atoms with Gasteiger partial charge in [0.2, 0.25) is 5.13 Å². The number of hydrogen-bond acceptors (Lipinski definition) is 7. The van der Waals surface area contributed by atoms with Crippen molar-refractivity contribution in [2.24, 2.45) is 0 Å². The fourth-order valence-electron chi connectivity index (χ4n) is 1.28. The van der Waals surface area contributed by atoms with Crippen LogP contribution in [-0.2, 0) is 10.0 Å². The number of benzene rings is 1. The third-order valence-electron chi connectivity index (χ3n) is 2.01. The quantitative estimate of drug-likeness (QED) is 0.505. The lowest BCUT2D eigenvalue weighted by molar-refractivity contribution is -0.387. The van der Waals surface area contributed by atoms with Crippen molar-refractivity contribution in [3.63, 3.8) is 0 Å². The van der Waals surface area contributed by atoms with Crippen molar-refractivity contribution in [3.05, 3.63) is 38.3 Å². The van der Waals surface area contributed by atoms with E-state index in [1.54, 1.807) is 0 Å². The SMILES string of the molecule is O=[N+]([O-])c1ccccc1S(=O)(=O)Nc1n[nH]c(=S)s1. The fraction of sp³-hybridized carbons (Fsp3) is 0. The Balaban J connectivity index is 2.45. The molecule has 11 heteroatoms. The number of aromatic nitrogens is 2. The van der Waals surface area contributed by atoms with Crippen molar-refractivity contribution in [2.75, 3.05) is 4.72 Å². The molecule has 2 aromatic rings. The van der Waals surface area contributed by atoms with Gasteiger partial charge < -0.3 is 0 Å². The molecular weight excluding hydrogens is 312 g/mol. The van der Waals surface area contributed by atoms with Gasteiger partial charge >= 0.3 is 0 Å². The topological polar surface area (TPSA) is 118 Å². The van der Waals surface area contributed by atoms with Gasteiger partial charge in [-0.25, -0.2) is 8.42 Å². The molecule has 0 saturated heterocycles. The summed E-state index contributed by atoms with van der Waals surface area (Å²) in [6, 6.07) is 5.04. The highest BCUT2D eigenvalue weighted by molar-refractivity contribution is 7.93. The Kier molecular flexibility index (Phi) is 3.59. The predicted octanol–water partition coefficient (Wildman–Crippen LogP) is 1.91. The molecule has 2 rings (SSSR count). The minimum Gasteiger partial charge on any atom is -0.258 e. The molecule has 19 heavy (non-hydrogen) atoms. The molecule has 1 heterocycles. The molecule has 0 aliphatic carbocycles. The van der Waals surface area contributed by atoms with Gasteiger partial charge in [0, 0.05) is 6.07 Å². The Bertz CT molecular complexity index is 779. The van der Waals surface area contributed by atoms with E-state index in [0.717, 1.165) is 23.5 Å². The van der Waals surface area contributed by atoms with Crippen LogP contribution in [0.5, 0.6) is 0 Å². The average Bonchev–Trinajstić information content (AvgIpc) is 2.74. The summed E-state index contributed by atoms with van der Waals surface area (Å²) in [7, 11) is -4.09. The molecular formula is C8H6N4O4S3. The molecule has 8 nitrogen and oxygen atoms in total. The van der Waals surface area contributed by atoms with Gasteiger partial charge in [-0.2, -0.15) is 0 Å². The van der Waals surface area contributed by atoms with E-state index in [0.29, 0.717) is 3.95 Å². The summed E-state index contributed by atoms with van der Waals surface area (Å²) in [4.78, 5) is 9.61. The van der Waals surface area contributed by atoms with Gasteiger partial charge in [-0.15, -0.1) is 5.10 Å². The second-order valence-corrected chi connectivity index (χ2v) is 6.57. The fourth-order valence-corrected chi connectivity index (χ4v) is 3.48. The summed E-state index contributed by atoms with van der Waals surface area (Å²) in [6.45, 7) is 0. The van der Waals surface area contributed by atoms with Crippen LogP contribution in [0, 0.1) is 14.1 Å². The Labute approximate surface area is 116 Å². The van der Waals surface area contributed by atoms with Gasteiger partial charge in [0.05, 0.1) is 4.92 Å². The maximum Gasteiger partial charge on any atom is 0.289 e. The smallest absolute Gasteiger partial charge is 0.258 e. The summed E-state index contributed by atoms with van der Waals surface area (Å²) in [6.07, 6.45) is 0. The molecule has 0 amide bonds. The van der Waals surface area contributed by atoms with Crippen LogP contribution >= 0.6 is 23.6 Å². The molecule has 0 saturated carbocycles. The molecule has 0 radical (unpaired) electrons. The van der Waals surface area contributed by atoms with Crippen molar-refractivity contribution in [1.29, 1.82) is 0 Å². The molecule has 0 unspecified atom stereocenters. The average molecular weight is 318 g/mol. The van der Waals surface area contributed by atoms with Crippen LogP contribution in [0.4, 0.5) is 10.8 Å². The molecule has 1 aromatic carbocycles. The first kappa shape index (κ1) is 13.6. The zero-order chi connectivity index (χ0) is 14.0. The van der Waals surface area contributed by atoms with E-state index in [1.807, 2.05) is 0 Å². The summed E-state index contributed by atoms with van der Waals surface area (Å²) >= 11 is 5.68. The second kappa shape index (κ2) is 5.03. The van der Waals surface area contributed by atoms with Crippen LogP contribution in [0.1, 0.15) is 0 Å². The maximum absolute atomic E-state index is 12.0. The van der Waals surface area contributed by atoms with Gasteiger partial charge in [0.15, 0.2) is 8.85 Å². The van der Waals surface area contributed by atoms with Crippen LogP contribution < -0.4 is 4.72 Å². The van der Waals surface area contributed by atoms with Crippen LogP contribution in [0.2, 0.25) is 0 Å². The normalized spacial score (nSPS) is 11.2. The lowest BCUT2D eigenvalue weighted by Gasteiger charge is -2.04. The maximum atomic E-state index is 12.0. The Hall–Kier alpha value is -1.85. The van der Waals surface area contributed by atoms with Crippen LogP contribution in [0.25, 0.3) is 0 Å². The number of hydrogen-bond donors (Lipinski definition) is 2. The molecule has 1 aromatic heterocycles. The van der Waals surface area contributed by atoms with Gasteiger partial charge in [0.1, 0.15) is 0 Å². The first-order valence-corrected chi connectivity index (χ1v) is 7.43. The number of anilines is 1. The van der Waals surface area contributed by atoms with E-state index in [9.17, 15) is 18.5 Å². The van der Waals surface area contributed by atoms with Crippen molar-refractivity contribution in [3.8, 4) is 0 Å². The Morgan fingerprint density at radius 1 is 1.42 bits per heavy atom. The lowest BCUT2D eigenvalue weighted by Crippen LogP contribution is -2.14. The molecule has 0 fully saturated rings. The zero-order valence-corrected chi connectivity index (χ0v) is 11.5. The number of H-pyrrole nitrogens is 1. The Morgan fingerprint density at radius 2 is 2.11 bits per heavy atom. The van der Waals surface area contributed by atoms with Crippen molar-refractivity contribution < 1.29 is 13.3 Å². The summed E-state index contributed by atoms with van der Waals surface area (Å²) in [5.74, 6) is 0. The molecule has 0 aliphatic rings. The highest BCUT2D eigenvalue weighted by Gasteiger charge is 2.25. The largest absolute Gasteiger partial charge is 0.289 e. The number of sulfonamides is 1. The minimum atomic E-state index is -4.09. The van der Waals surface area contributed by atoms with Crippen molar-refractivity contribution in [2.45, 2.75) is 4.90 Å². The van der Waals surface area contributed by atoms with E-state index in [2.05, 4.69) is 14.9 Å². The molecule has 2 N–H and O–H groups in total. The monoisotopic (exact) mass is 318 g/mol. The van der Waals surface area contributed by atoms with Gasteiger partial charge in [0.25, 0.3) is 15.7 Å². The number of nitrogens with zero attached hydrogens (tertiary/aromatic N) is 2. The number of aromatic amines is 1. The standard InChI is InChI=1S/C8H6N4O4S3/c13-12(14)5-3-1-2-4-6(5)19(15,16)11-7-9-10-8(17)18-7/h1-4H,(H,9,11)(H,10,17). The van der Waals surface area contributed by atoms with Gasteiger partial charge in [-0.05, 0) is 18.3 Å². The van der Waals surface area contributed by atoms with E-state index in [-0.39, 0.29) is 5.13 Å². The molecule has 0 atom stereocenters. The minimum absolute atomic E-state index is 0.0168. The molecule has 100 valence electrons. The number of nitro benzene ring substituents is 1. The van der Waals surface area contributed by atoms with Crippen LogP contribution in [-0.4, -0.2) is 23.5 Å². The number of nitro groups is 1. The van der Waals surface area contributed by atoms with Crippen LogP contribution in [0.15, 0.2) is 29.2 Å². The third kappa shape index (κ3) is 2.94. The van der Waals surface area contributed by atoms with Crippen molar-refractivity contribution >= 4 is 44.4 Å². The van der Waals surface area contributed by atoms with Gasteiger partial charge in [-0.3, -0.25) is 19.9 Å². The first-order valence-electron chi connectivity index (χ1n) is 4.72. The van der Waals surface area contributed by atoms with Gasteiger partial charge in [-0.1, -0.05) is 23.5 Å². The number of para-hydroxylation sites is 1. The van der Waals surface area contributed by atoms with E-state index in [4.69, 9.17) is 12.2 Å². The summed E-state index contributed by atoms with van der Waals surface area (Å²) in [5, 5.41) is 16.9. The Morgan fingerprint density at radius 3 is 2.68 bits per heavy atom. The first-order chi connectivity index (χ1) is 8.90. The lowest BCUT2D eigenvalue weighted by atomic mass is 10.3. The predicted molar refractivity (Wildman–Crippen MR) is 71.2 cm³/mol.